The molecule has 0 amide bonds. The maximum absolute atomic E-state index is 12.6. The number of rotatable bonds is 35. The van der Waals surface area contributed by atoms with Gasteiger partial charge in [-0.3, -0.25) is 23.4 Å². The molecule has 0 aliphatic heterocycles. The molecule has 0 spiro atoms. The number of hydrogen-bond acceptors (Lipinski definition) is 8. The Hall–Kier alpha value is -2.10. The number of phosphoric acid groups is 1. The number of unbranched alkanes of at least 4 members (excludes halogenated alkanes) is 14. The second-order valence-corrected chi connectivity index (χ2v) is 15.8. The van der Waals surface area contributed by atoms with Crippen molar-refractivity contribution in [3.63, 3.8) is 0 Å². The molecule has 0 saturated carbocycles. The minimum atomic E-state index is -4.40. The van der Waals surface area contributed by atoms with Crippen LogP contribution < -0.4 is 0 Å². The zero-order chi connectivity index (χ0) is 38.1. The molecule has 0 aromatic heterocycles. The molecule has 0 rings (SSSR count). The first-order valence-corrected chi connectivity index (χ1v) is 21.2. The highest BCUT2D eigenvalue weighted by atomic mass is 31.2. The predicted octanol–water partition coefficient (Wildman–Crippen LogP) is 9.75. The topological polar surface area (TPSA) is 125 Å². The largest absolute Gasteiger partial charge is 0.472 e. The van der Waals surface area contributed by atoms with Crippen molar-refractivity contribution in [1.82, 2.24) is 0 Å². The van der Waals surface area contributed by atoms with E-state index in [0.29, 0.717) is 30.3 Å². The fraction of sp³-hybridized carbons (Fsp3) is 0.775. The summed E-state index contributed by atoms with van der Waals surface area (Å²) in [5.41, 5.74) is 0. The van der Waals surface area contributed by atoms with Gasteiger partial charge in [0.25, 0.3) is 0 Å². The number of phosphoric ester groups is 1. The lowest BCUT2D eigenvalue weighted by Crippen LogP contribution is -2.37. The lowest BCUT2D eigenvalue weighted by atomic mass is 10.1. The molecule has 2 atom stereocenters. The van der Waals surface area contributed by atoms with Gasteiger partial charge in [-0.2, -0.15) is 0 Å². The number of hydrogen-bond donors (Lipinski definition) is 1. The SMILES string of the molecule is CCCC/C=C\CCCCCCCC(=O)OC[C@H](COP(=O)(O)OCC[N+](C)(C)C)OC(=O)CCCCCCCC(=O)/C=C/C=C\CCCCC. The first-order valence-electron chi connectivity index (χ1n) is 19.7. The van der Waals surface area contributed by atoms with Crippen LogP contribution >= 0.6 is 7.82 Å². The maximum Gasteiger partial charge on any atom is 0.472 e. The Morgan fingerprint density at radius 2 is 1.20 bits per heavy atom. The molecule has 0 aromatic rings. The zero-order valence-electron chi connectivity index (χ0n) is 32.8. The fourth-order valence-corrected chi connectivity index (χ4v) is 5.66. The Morgan fingerprint density at radius 1 is 0.647 bits per heavy atom. The Balaban J connectivity index is 4.53. The van der Waals surface area contributed by atoms with Crippen molar-refractivity contribution < 1.29 is 46.8 Å². The van der Waals surface area contributed by atoms with Crippen LogP contribution in [0.1, 0.15) is 149 Å². The first kappa shape index (κ1) is 48.9. The minimum absolute atomic E-state index is 0.00771. The number of quaternary nitrogens is 1. The number of esters is 2. The van der Waals surface area contributed by atoms with Crippen LogP contribution in [-0.2, 0) is 37.5 Å². The van der Waals surface area contributed by atoms with Gasteiger partial charge in [0.2, 0.25) is 0 Å². The van der Waals surface area contributed by atoms with Crippen molar-refractivity contribution in [1.29, 1.82) is 0 Å². The highest BCUT2D eigenvalue weighted by Gasteiger charge is 2.27. The van der Waals surface area contributed by atoms with Crippen molar-refractivity contribution in [3.05, 3.63) is 36.5 Å². The van der Waals surface area contributed by atoms with E-state index in [-0.39, 0.29) is 31.8 Å². The van der Waals surface area contributed by atoms with Gasteiger partial charge in [-0.05, 0) is 57.4 Å². The average molecular weight is 743 g/mol. The molecule has 11 heteroatoms. The monoisotopic (exact) mass is 743 g/mol. The van der Waals surface area contributed by atoms with E-state index in [1.54, 1.807) is 6.08 Å². The molecule has 0 saturated heterocycles. The van der Waals surface area contributed by atoms with Crippen LogP contribution in [0.15, 0.2) is 36.5 Å². The number of nitrogens with zero attached hydrogens (tertiary/aromatic N) is 1. The molecule has 0 bridgehead atoms. The summed E-state index contributed by atoms with van der Waals surface area (Å²) >= 11 is 0. The van der Waals surface area contributed by atoms with Crippen molar-refractivity contribution in [2.75, 3.05) is 47.5 Å². The van der Waals surface area contributed by atoms with Crippen LogP contribution in [0.5, 0.6) is 0 Å². The van der Waals surface area contributed by atoms with Crippen molar-refractivity contribution >= 4 is 25.5 Å². The summed E-state index contributed by atoms with van der Waals surface area (Å²) in [5.74, 6) is -0.788. The van der Waals surface area contributed by atoms with Crippen molar-refractivity contribution in [2.24, 2.45) is 0 Å². The number of ether oxygens (including phenoxy) is 2. The lowest BCUT2D eigenvalue weighted by molar-refractivity contribution is -0.870. The standard InChI is InChI=1S/C40H72NO9P/c1-6-8-10-12-14-15-16-17-19-23-27-31-39(43)47-35-38(36-49-51(45,46)48-34-33-41(3,4)5)50-40(44)32-28-24-20-22-26-30-37(42)29-25-21-18-13-11-9-7-2/h12,14,18,21,25,29,38H,6-11,13,15-17,19-20,22-24,26-28,30-36H2,1-5H3/p+1/b14-12-,21-18-,29-25+/t38-/m1/s1. The predicted molar refractivity (Wildman–Crippen MR) is 206 cm³/mol. The maximum atomic E-state index is 12.6. The number of allylic oxidation sites excluding steroid dienone is 6. The third-order valence-corrected chi connectivity index (χ3v) is 9.10. The molecule has 10 nitrogen and oxygen atoms in total. The molecule has 0 aliphatic carbocycles. The molecule has 0 aromatic carbocycles. The van der Waals surface area contributed by atoms with Gasteiger partial charge in [0.1, 0.15) is 19.8 Å². The summed E-state index contributed by atoms with van der Waals surface area (Å²) < 4.78 is 34.0. The molecule has 296 valence electrons. The zero-order valence-corrected chi connectivity index (χ0v) is 33.7. The van der Waals surface area contributed by atoms with Crippen LogP contribution in [0, 0.1) is 0 Å². The quantitative estimate of drug-likeness (QED) is 0.0128. The normalized spacial score (nSPS) is 14.0. The Labute approximate surface area is 310 Å². The summed E-state index contributed by atoms with van der Waals surface area (Å²) in [7, 11) is 1.39. The number of likely N-dealkylation sites (N-methyl/N-ethyl adjacent to an activating group) is 1. The van der Waals surface area contributed by atoms with E-state index in [9.17, 15) is 23.8 Å². The van der Waals surface area contributed by atoms with Gasteiger partial charge in [0, 0.05) is 19.3 Å². The molecule has 0 aliphatic rings. The van der Waals surface area contributed by atoms with E-state index in [0.717, 1.165) is 70.6 Å². The summed E-state index contributed by atoms with van der Waals surface area (Å²) in [6.45, 7) is 4.15. The van der Waals surface area contributed by atoms with E-state index >= 15 is 0 Å². The van der Waals surface area contributed by atoms with E-state index in [1.807, 2.05) is 33.3 Å². The van der Waals surface area contributed by atoms with Crippen LogP contribution in [0.3, 0.4) is 0 Å². The fourth-order valence-electron chi connectivity index (χ4n) is 4.92. The first-order chi connectivity index (χ1) is 24.4. The van der Waals surface area contributed by atoms with Crippen LogP contribution in [0.25, 0.3) is 0 Å². The van der Waals surface area contributed by atoms with E-state index < -0.39 is 32.5 Å². The van der Waals surface area contributed by atoms with Gasteiger partial charge in [0.05, 0.1) is 27.7 Å². The Kier molecular flexibility index (Phi) is 31.2. The molecule has 0 heterocycles. The number of ketones is 1. The van der Waals surface area contributed by atoms with Gasteiger partial charge < -0.3 is 18.9 Å². The van der Waals surface area contributed by atoms with Gasteiger partial charge in [-0.25, -0.2) is 4.57 Å². The Bertz CT molecular complexity index is 1040. The summed E-state index contributed by atoms with van der Waals surface area (Å²) in [6.07, 6.45) is 30.1. The van der Waals surface area contributed by atoms with Crippen molar-refractivity contribution in [2.45, 2.75) is 155 Å². The summed E-state index contributed by atoms with van der Waals surface area (Å²) in [4.78, 5) is 47.2. The molecule has 51 heavy (non-hydrogen) atoms. The highest BCUT2D eigenvalue weighted by Crippen LogP contribution is 2.43. The van der Waals surface area contributed by atoms with Crippen LogP contribution in [0.2, 0.25) is 0 Å². The van der Waals surface area contributed by atoms with Gasteiger partial charge in [-0.15, -0.1) is 0 Å². The van der Waals surface area contributed by atoms with Gasteiger partial charge in [-0.1, -0.05) is 108 Å². The summed E-state index contributed by atoms with van der Waals surface area (Å²) in [6, 6.07) is 0. The van der Waals surface area contributed by atoms with Gasteiger partial charge in [0.15, 0.2) is 11.9 Å². The van der Waals surface area contributed by atoms with Crippen LogP contribution in [-0.4, -0.2) is 80.7 Å². The smallest absolute Gasteiger partial charge is 0.462 e. The molecule has 0 radical (unpaired) electrons. The lowest BCUT2D eigenvalue weighted by Gasteiger charge is -2.24. The molecular formula is C40H73NO9P+. The third kappa shape index (κ3) is 36.1. The molecule has 0 fully saturated rings. The number of carbonyl (C=O) groups excluding carboxylic acids is 3. The van der Waals surface area contributed by atoms with E-state index in [4.69, 9.17) is 18.5 Å². The highest BCUT2D eigenvalue weighted by molar-refractivity contribution is 7.47. The second kappa shape index (κ2) is 32.5. The number of carbonyl (C=O) groups is 3. The third-order valence-electron chi connectivity index (χ3n) is 8.12. The Morgan fingerprint density at radius 3 is 1.84 bits per heavy atom. The minimum Gasteiger partial charge on any atom is -0.462 e. The van der Waals surface area contributed by atoms with E-state index in [1.165, 1.54) is 32.1 Å². The second-order valence-electron chi connectivity index (χ2n) is 14.3. The van der Waals surface area contributed by atoms with E-state index in [2.05, 4.69) is 32.1 Å². The average Bonchev–Trinajstić information content (AvgIpc) is 3.06. The molecule has 1 unspecified atom stereocenters. The molecular weight excluding hydrogens is 669 g/mol. The van der Waals surface area contributed by atoms with Crippen molar-refractivity contribution in [3.8, 4) is 0 Å². The summed E-state index contributed by atoms with van der Waals surface area (Å²) in [5, 5.41) is 0. The van der Waals surface area contributed by atoms with Gasteiger partial charge >= 0.3 is 19.8 Å². The molecule has 1 N–H and O–H groups in total. The van der Waals surface area contributed by atoms with Crippen LogP contribution in [0.4, 0.5) is 0 Å².